The van der Waals surface area contributed by atoms with E-state index in [0.717, 1.165) is 0 Å². The molecule has 0 bridgehead atoms. The molecule has 1 aliphatic heterocycles. The highest BCUT2D eigenvalue weighted by atomic mass is 31.2. The van der Waals surface area contributed by atoms with Gasteiger partial charge >= 0.3 is 0 Å². The molecule has 0 spiro atoms. The van der Waals surface area contributed by atoms with Gasteiger partial charge in [-0.1, -0.05) is 0 Å². The summed E-state index contributed by atoms with van der Waals surface area (Å²) < 4.78 is 18.4. The molecule has 1 fully saturated rings. The minimum Gasteiger partial charge on any atom is -0.790 e. The predicted molar refractivity (Wildman–Crippen MR) is 36.5 cm³/mol. The Hall–Kier alpha value is -0.0500. The minimum atomic E-state index is -5.14. The quantitative estimate of drug-likeness (QED) is 0.418. The number of rotatable bonds is 3. The van der Waals surface area contributed by atoms with E-state index in [2.05, 4.69) is 9.26 Å². The Labute approximate surface area is 78.9 Å². The zero-order chi connectivity index (χ0) is 10.9. The first-order chi connectivity index (χ1) is 6.31. The third-order valence-corrected chi connectivity index (χ3v) is 2.20. The maximum absolute atomic E-state index is 10.0. The largest absolute Gasteiger partial charge is 0.790 e. The fraction of sp³-hybridized carbons (Fsp3) is 1.00. The van der Waals surface area contributed by atoms with Crippen LogP contribution in [-0.4, -0.2) is 46.5 Å². The van der Waals surface area contributed by atoms with Gasteiger partial charge in [0.1, 0.15) is 18.3 Å². The number of phosphoric ester groups is 1. The topological polar surface area (TPSA) is 142 Å². The second kappa shape index (κ2) is 4.21. The van der Waals surface area contributed by atoms with E-state index in [4.69, 9.17) is 15.3 Å². The third-order valence-electron chi connectivity index (χ3n) is 1.73. The van der Waals surface area contributed by atoms with Crippen molar-refractivity contribution in [2.45, 2.75) is 24.6 Å². The van der Waals surface area contributed by atoms with Crippen LogP contribution in [0.4, 0.5) is 0 Å². The number of hydrogen-bond acceptors (Lipinski definition) is 8. The van der Waals surface area contributed by atoms with Crippen LogP contribution in [0.2, 0.25) is 0 Å². The lowest BCUT2D eigenvalue weighted by atomic mass is 10.1. The Morgan fingerprint density at radius 2 is 1.86 bits per heavy atom. The van der Waals surface area contributed by atoms with Crippen LogP contribution in [0.1, 0.15) is 0 Å². The fourth-order valence-electron chi connectivity index (χ4n) is 1.03. The summed E-state index contributed by atoms with van der Waals surface area (Å²) >= 11 is 0. The summed E-state index contributed by atoms with van der Waals surface area (Å²) in [6, 6.07) is 0. The lowest BCUT2D eigenvalue weighted by Crippen LogP contribution is -2.35. The van der Waals surface area contributed by atoms with Gasteiger partial charge in [-0.25, -0.2) is 0 Å². The molecule has 0 aliphatic carbocycles. The molecule has 1 heterocycles. The second-order valence-electron chi connectivity index (χ2n) is 2.79. The molecule has 1 unspecified atom stereocenters. The monoisotopic (exact) mass is 228 g/mol. The van der Waals surface area contributed by atoms with Crippen LogP contribution in [0.25, 0.3) is 0 Å². The first-order valence-electron chi connectivity index (χ1n) is 3.67. The molecule has 0 amide bonds. The molecule has 4 atom stereocenters. The summed E-state index contributed by atoms with van der Waals surface area (Å²) in [5.41, 5.74) is 0. The van der Waals surface area contributed by atoms with Gasteiger partial charge in [0.05, 0.1) is 14.4 Å². The Morgan fingerprint density at radius 3 is 2.21 bits per heavy atom. The Bertz CT molecular complexity index is 238. The van der Waals surface area contributed by atoms with Crippen LogP contribution < -0.4 is 9.79 Å². The molecule has 0 aromatic carbocycles. The van der Waals surface area contributed by atoms with Gasteiger partial charge < -0.3 is 38.9 Å². The SMILES string of the molecule is O=P([O-])([O-])OC[C@H]1OC(O)[C@@H](O)[C@@H]1O. The van der Waals surface area contributed by atoms with E-state index in [9.17, 15) is 14.4 Å². The Morgan fingerprint density at radius 1 is 1.29 bits per heavy atom. The average molecular weight is 228 g/mol. The zero-order valence-electron chi connectivity index (χ0n) is 6.85. The molecule has 0 radical (unpaired) electrons. The van der Waals surface area contributed by atoms with Crippen molar-refractivity contribution < 1.29 is 38.9 Å². The highest BCUT2D eigenvalue weighted by Gasteiger charge is 2.41. The second-order valence-corrected chi connectivity index (χ2v) is 3.94. The van der Waals surface area contributed by atoms with E-state index >= 15 is 0 Å². The van der Waals surface area contributed by atoms with Crippen LogP contribution in [-0.2, 0) is 13.8 Å². The molecule has 8 nitrogen and oxygen atoms in total. The number of aliphatic hydroxyl groups is 3. The van der Waals surface area contributed by atoms with E-state index in [1.807, 2.05) is 0 Å². The number of phosphoric acid groups is 1. The number of hydrogen-bond donors (Lipinski definition) is 3. The molecular weight excluding hydrogens is 219 g/mol. The summed E-state index contributed by atoms with van der Waals surface area (Å²) in [4.78, 5) is 20.1. The average Bonchev–Trinajstić information content (AvgIpc) is 2.28. The van der Waals surface area contributed by atoms with Gasteiger partial charge in [0.2, 0.25) is 0 Å². The van der Waals surface area contributed by atoms with Crippen molar-refractivity contribution in [1.29, 1.82) is 0 Å². The first kappa shape index (κ1) is 12.0. The van der Waals surface area contributed by atoms with Gasteiger partial charge in [0.25, 0.3) is 0 Å². The summed E-state index contributed by atoms with van der Waals surface area (Å²) in [5, 5.41) is 26.9. The minimum absolute atomic E-state index is 0.737. The number of ether oxygens (including phenoxy) is 1. The van der Waals surface area contributed by atoms with E-state index in [0.29, 0.717) is 0 Å². The molecule has 14 heavy (non-hydrogen) atoms. The van der Waals surface area contributed by atoms with Crippen molar-refractivity contribution in [2.75, 3.05) is 6.61 Å². The summed E-state index contributed by atoms with van der Waals surface area (Å²) in [7, 11) is -5.14. The van der Waals surface area contributed by atoms with Crippen LogP contribution in [0.3, 0.4) is 0 Å². The molecule has 3 N–H and O–H groups in total. The Kier molecular flexibility index (Phi) is 3.62. The maximum Gasteiger partial charge on any atom is 0.184 e. The molecule has 84 valence electrons. The van der Waals surface area contributed by atoms with Crippen LogP contribution in [0.5, 0.6) is 0 Å². The predicted octanol–water partition coefficient (Wildman–Crippen LogP) is -3.73. The highest BCUT2D eigenvalue weighted by molar-refractivity contribution is 7.43. The van der Waals surface area contributed by atoms with Gasteiger partial charge in [-0.3, -0.25) is 0 Å². The van der Waals surface area contributed by atoms with Crippen LogP contribution in [0, 0.1) is 0 Å². The van der Waals surface area contributed by atoms with E-state index in [1.165, 1.54) is 0 Å². The molecule has 0 aromatic rings. The molecule has 1 aliphatic rings. The van der Waals surface area contributed by atoms with E-state index < -0.39 is 39.0 Å². The lowest BCUT2D eigenvalue weighted by Gasteiger charge is -2.30. The van der Waals surface area contributed by atoms with E-state index in [-0.39, 0.29) is 0 Å². The van der Waals surface area contributed by atoms with Gasteiger partial charge in [0, 0.05) is 0 Å². The molecule has 1 rings (SSSR count). The smallest absolute Gasteiger partial charge is 0.184 e. The van der Waals surface area contributed by atoms with Crippen LogP contribution >= 0.6 is 7.82 Å². The van der Waals surface area contributed by atoms with Crippen molar-refractivity contribution in [1.82, 2.24) is 0 Å². The zero-order valence-corrected chi connectivity index (χ0v) is 7.74. The Balaban J connectivity index is 2.44. The summed E-state index contributed by atoms with van der Waals surface area (Å²) in [5.74, 6) is 0. The molecule has 0 saturated carbocycles. The molecule has 1 saturated heterocycles. The van der Waals surface area contributed by atoms with E-state index in [1.54, 1.807) is 0 Å². The lowest BCUT2D eigenvalue weighted by molar-refractivity contribution is -0.343. The van der Waals surface area contributed by atoms with Crippen molar-refractivity contribution in [3.05, 3.63) is 0 Å². The molecular formula is C5H9O8P-2. The molecule has 9 heteroatoms. The summed E-state index contributed by atoms with van der Waals surface area (Å²) in [6.07, 6.45) is -5.88. The van der Waals surface area contributed by atoms with Crippen molar-refractivity contribution >= 4 is 7.82 Å². The van der Waals surface area contributed by atoms with Gasteiger partial charge in [-0.15, -0.1) is 0 Å². The normalized spacial score (nSPS) is 38.9. The van der Waals surface area contributed by atoms with Crippen molar-refractivity contribution in [3.8, 4) is 0 Å². The van der Waals surface area contributed by atoms with Crippen LogP contribution in [0.15, 0.2) is 0 Å². The number of aliphatic hydroxyl groups excluding tert-OH is 3. The van der Waals surface area contributed by atoms with Crippen molar-refractivity contribution in [2.24, 2.45) is 0 Å². The van der Waals surface area contributed by atoms with Gasteiger partial charge in [0.15, 0.2) is 6.29 Å². The van der Waals surface area contributed by atoms with Crippen molar-refractivity contribution in [3.63, 3.8) is 0 Å². The first-order valence-corrected chi connectivity index (χ1v) is 5.13. The standard InChI is InChI=1S/C5H11O8P/c6-3-2(1-12-14(9,10)11)13-5(8)4(3)7/h2-8H,1H2,(H2,9,10,11)/p-2/t2-,3-,4+,5?/m1/s1. The van der Waals surface area contributed by atoms with Gasteiger partial charge in [-0.2, -0.15) is 0 Å². The maximum atomic E-state index is 10.0. The van der Waals surface area contributed by atoms with Gasteiger partial charge in [-0.05, 0) is 0 Å². The third kappa shape index (κ3) is 2.97. The molecule has 0 aromatic heterocycles. The highest BCUT2D eigenvalue weighted by Crippen LogP contribution is 2.28. The summed E-state index contributed by atoms with van der Waals surface area (Å²) in [6.45, 7) is -0.737. The fourth-order valence-corrected chi connectivity index (χ4v) is 1.36.